The van der Waals surface area contributed by atoms with Crippen LogP contribution < -0.4 is 5.73 Å². The van der Waals surface area contributed by atoms with Gasteiger partial charge in [0.25, 0.3) is 0 Å². The Morgan fingerprint density at radius 2 is 2.22 bits per heavy atom. The highest BCUT2D eigenvalue weighted by atomic mass is 16.6. The second-order valence-corrected chi connectivity index (χ2v) is 6.25. The molecule has 0 radical (unpaired) electrons. The maximum Gasteiger partial charge on any atom is 0.410 e. The molecule has 0 bridgehead atoms. The minimum absolute atomic E-state index is 0.177. The largest absolute Gasteiger partial charge is 0.444 e. The molecule has 3 atom stereocenters. The summed E-state index contributed by atoms with van der Waals surface area (Å²) in [5.41, 5.74) is 5.26. The quantitative estimate of drug-likeness (QED) is 0.766. The number of piperidine rings is 1. The lowest BCUT2D eigenvalue weighted by molar-refractivity contribution is 0.0127. The lowest BCUT2D eigenvalue weighted by Gasteiger charge is -2.36. The molecule has 0 spiro atoms. The van der Waals surface area contributed by atoms with Crippen molar-refractivity contribution in [2.75, 3.05) is 26.2 Å². The molecule has 2 aliphatic rings. The number of carbonyl (C=O) groups excluding carboxylic acids is 1. The molecule has 1 amide bonds. The summed E-state index contributed by atoms with van der Waals surface area (Å²) >= 11 is 0. The van der Waals surface area contributed by atoms with Crippen molar-refractivity contribution in [1.82, 2.24) is 4.90 Å². The van der Waals surface area contributed by atoms with Crippen molar-refractivity contribution in [3.63, 3.8) is 0 Å². The summed E-state index contributed by atoms with van der Waals surface area (Å²) in [4.78, 5) is 13.8. The number of rotatable bonds is 1. The van der Waals surface area contributed by atoms with Gasteiger partial charge in [0.2, 0.25) is 0 Å². The van der Waals surface area contributed by atoms with Crippen LogP contribution >= 0.6 is 0 Å². The molecular formula is C13H24N2O3. The number of nitrogens with zero attached hydrogens (tertiary/aromatic N) is 1. The second-order valence-electron chi connectivity index (χ2n) is 6.25. The van der Waals surface area contributed by atoms with Crippen molar-refractivity contribution in [3.05, 3.63) is 0 Å². The summed E-state index contributed by atoms with van der Waals surface area (Å²) in [6, 6.07) is 0. The molecule has 0 aliphatic carbocycles. The lowest BCUT2D eigenvalue weighted by Crippen LogP contribution is -2.47. The van der Waals surface area contributed by atoms with Crippen molar-refractivity contribution in [3.8, 4) is 0 Å². The fourth-order valence-electron chi connectivity index (χ4n) is 2.82. The third-order valence-electron chi connectivity index (χ3n) is 3.68. The average Bonchev–Trinajstić information content (AvgIpc) is 2.68. The third kappa shape index (κ3) is 2.95. The van der Waals surface area contributed by atoms with Gasteiger partial charge in [-0.25, -0.2) is 4.79 Å². The Kier molecular flexibility index (Phi) is 3.82. The number of carbonyl (C=O) groups is 1. The van der Waals surface area contributed by atoms with E-state index in [4.69, 9.17) is 15.2 Å². The Morgan fingerprint density at radius 3 is 2.83 bits per heavy atom. The van der Waals surface area contributed by atoms with Crippen LogP contribution in [0.1, 0.15) is 27.2 Å². The van der Waals surface area contributed by atoms with E-state index in [1.54, 1.807) is 4.90 Å². The molecule has 2 heterocycles. The molecule has 2 rings (SSSR count). The van der Waals surface area contributed by atoms with Crippen LogP contribution in [0.15, 0.2) is 0 Å². The van der Waals surface area contributed by atoms with Crippen molar-refractivity contribution >= 4 is 6.09 Å². The monoisotopic (exact) mass is 256 g/mol. The maximum absolute atomic E-state index is 12.0. The van der Waals surface area contributed by atoms with Gasteiger partial charge in [0, 0.05) is 25.6 Å². The van der Waals surface area contributed by atoms with Gasteiger partial charge in [-0.1, -0.05) is 0 Å². The molecule has 5 nitrogen and oxygen atoms in total. The summed E-state index contributed by atoms with van der Waals surface area (Å²) < 4.78 is 11.1. The summed E-state index contributed by atoms with van der Waals surface area (Å²) in [7, 11) is 0. The maximum atomic E-state index is 12.0. The third-order valence-corrected chi connectivity index (χ3v) is 3.68. The molecule has 0 saturated carbocycles. The van der Waals surface area contributed by atoms with Gasteiger partial charge in [0.1, 0.15) is 5.60 Å². The summed E-state index contributed by atoms with van der Waals surface area (Å²) in [5.74, 6) is 0.925. The molecule has 2 N–H and O–H groups in total. The van der Waals surface area contributed by atoms with E-state index in [9.17, 15) is 4.79 Å². The fourth-order valence-corrected chi connectivity index (χ4v) is 2.82. The molecule has 0 aromatic carbocycles. The molecule has 2 aliphatic heterocycles. The molecular weight excluding hydrogens is 232 g/mol. The Balaban J connectivity index is 1.90. The average molecular weight is 256 g/mol. The van der Waals surface area contributed by atoms with E-state index in [0.29, 0.717) is 25.0 Å². The van der Waals surface area contributed by atoms with E-state index in [2.05, 4.69) is 0 Å². The second kappa shape index (κ2) is 5.05. The molecule has 104 valence electrons. The van der Waals surface area contributed by atoms with Crippen LogP contribution in [-0.2, 0) is 9.47 Å². The predicted octanol–water partition coefficient (Wildman–Crippen LogP) is 1.22. The zero-order valence-corrected chi connectivity index (χ0v) is 11.5. The first-order valence-electron chi connectivity index (χ1n) is 6.70. The Bertz CT molecular complexity index is 314. The van der Waals surface area contributed by atoms with Crippen molar-refractivity contribution in [1.29, 1.82) is 0 Å². The van der Waals surface area contributed by atoms with E-state index in [1.165, 1.54) is 0 Å². The zero-order valence-electron chi connectivity index (χ0n) is 11.5. The minimum Gasteiger partial charge on any atom is -0.444 e. The number of hydrogen-bond donors (Lipinski definition) is 1. The lowest BCUT2D eigenvalue weighted by atomic mass is 9.84. The van der Waals surface area contributed by atoms with Crippen LogP contribution in [0.3, 0.4) is 0 Å². The van der Waals surface area contributed by atoms with Crippen LogP contribution in [0.5, 0.6) is 0 Å². The molecule has 0 aromatic rings. The van der Waals surface area contributed by atoms with Crippen LogP contribution in [-0.4, -0.2) is 48.9 Å². The molecule has 5 heteroatoms. The van der Waals surface area contributed by atoms with Crippen LogP contribution in [0.2, 0.25) is 0 Å². The smallest absolute Gasteiger partial charge is 0.410 e. The SMILES string of the molecule is CC(C)(C)OC(=O)N1CC[C@@H]2[C@@H](CO[C@H]2CN)C1. The van der Waals surface area contributed by atoms with E-state index < -0.39 is 5.60 Å². The van der Waals surface area contributed by atoms with Crippen LogP contribution in [0, 0.1) is 11.8 Å². The first kappa shape index (κ1) is 13.6. The van der Waals surface area contributed by atoms with Gasteiger partial charge in [0.15, 0.2) is 0 Å². The Morgan fingerprint density at radius 1 is 1.50 bits per heavy atom. The van der Waals surface area contributed by atoms with Crippen LogP contribution in [0.4, 0.5) is 4.79 Å². The highest BCUT2D eigenvalue weighted by Gasteiger charge is 2.41. The summed E-state index contributed by atoms with van der Waals surface area (Å²) in [5, 5.41) is 0. The zero-order chi connectivity index (χ0) is 13.3. The Labute approximate surface area is 109 Å². The van der Waals surface area contributed by atoms with Gasteiger partial charge in [-0.3, -0.25) is 0 Å². The van der Waals surface area contributed by atoms with Crippen molar-refractivity contribution in [2.45, 2.75) is 38.9 Å². The first-order valence-corrected chi connectivity index (χ1v) is 6.70. The standard InChI is InChI=1S/C13H24N2O3/c1-13(2,3)18-12(16)15-5-4-10-9(7-15)8-17-11(10)6-14/h9-11H,4-8,14H2,1-3H3/t9-,10-,11+/m1/s1. The molecule has 2 fully saturated rings. The predicted molar refractivity (Wildman–Crippen MR) is 68.2 cm³/mol. The normalized spacial score (nSPS) is 32.2. The molecule has 2 saturated heterocycles. The highest BCUT2D eigenvalue weighted by molar-refractivity contribution is 5.68. The molecule has 18 heavy (non-hydrogen) atoms. The number of ether oxygens (including phenoxy) is 2. The number of hydrogen-bond acceptors (Lipinski definition) is 4. The number of likely N-dealkylation sites (tertiary alicyclic amines) is 1. The number of nitrogens with two attached hydrogens (primary N) is 1. The Hall–Kier alpha value is -0.810. The summed E-state index contributed by atoms with van der Waals surface area (Å²) in [6.07, 6.45) is 0.930. The minimum atomic E-state index is -0.431. The van der Waals surface area contributed by atoms with Gasteiger partial charge in [-0.15, -0.1) is 0 Å². The van der Waals surface area contributed by atoms with E-state index in [-0.39, 0.29) is 12.2 Å². The number of fused-ring (bicyclic) bond motifs is 1. The fraction of sp³-hybridized carbons (Fsp3) is 0.923. The van der Waals surface area contributed by atoms with E-state index in [0.717, 1.165) is 19.5 Å². The summed E-state index contributed by atoms with van der Waals surface area (Å²) in [6.45, 7) is 8.44. The van der Waals surface area contributed by atoms with Crippen molar-refractivity contribution < 1.29 is 14.3 Å². The highest BCUT2D eigenvalue weighted by Crippen LogP contribution is 2.34. The van der Waals surface area contributed by atoms with Crippen LogP contribution in [0.25, 0.3) is 0 Å². The van der Waals surface area contributed by atoms with Gasteiger partial charge >= 0.3 is 6.09 Å². The van der Waals surface area contributed by atoms with Gasteiger partial charge in [0.05, 0.1) is 12.7 Å². The number of amides is 1. The topological polar surface area (TPSA) is 64.8 Å². The van der Waals surface area contributed by atoms with E-state index >= 15 is 0 Å². The molecule has 0 unspecified atom stereocenters. The van der Waals surface area contributed by atoms with Crippen molar-refractivity contribution in [2.24, 2.45) is 17.6 Å². The van der Waals surface area contributed by atoms with E-state index in [1.807, 2.05) is 20.8 Å². The first-order chi connectivity index (χ1) is 8.40. The van der Waals surface area contributed by atoms with Gasteiger partial charge in [-0.05, 0) is 33.1 Å². The molecule has 0 aromatic heterocycles. The van der Waals surface area contributed by atoms with Gasteiger partial charge in [-0.2, -0.15) is 0 Å². The van der Waals surface area contributed by atoms with Gasteiger partial charge < -0.3 is 20.1 Å².